The highest BCUT2D eigenvalue weighted by Crippen LogP contribution is 2.25. The number of nitrogens with one attached hydrogen (secondary N) is 1. The van der Waals surface area contributed by atoms with E-state index >= 15 is 0 Å². The third kappa shape index (κ3) is 1.70. The topological polar surface area (TPSA) is 32.3 Å². The van der Waals surface area contributed by atoms with Gasteiger partial charge in [0.2, 0.25) is 0 Å². The molecule has 10 heavy (non-hydrogen) atoms. The molecular formula is C6H8ClNOS. The molecule has 0 fully saturated rings. The second-order valence-electron chi connectivity index (χ2n) is 1.96. The van der Waals surface area contributed by atoms with E-state index in [0.717, 1.165) is 14.8 Å². The van der Waals surface area contributed by atoms with E-state index in [4.69, 9.17) is 16.8 Å². The molecule has 0 spiro atoms. The van der Waals surface area contributed by atoms with Gasteiger partial charge in [0, 0.05) is 9.75 Å². The Kier molecular flexibility index (Phi) is 2.68. The van der Waals surface area contributed by atoms with E-state index < -0.39 is 0 Å². The molecule has 2 nitrogen and oxygen atoms in total. The van der Waals surface area contributed by atoms with Crippen LogP contribution in [0.2, 0.25) is 5.02 Å². The van der Waals surface area contributed by atoms with Gasteiger partial charge in [0.05, 0.1) is 11.6 Å². The molecule has 2 N–H and O–H groups in total. The van der Waals surface area contributed by atoms with Crippen LogP contribution in [0.4, 0.5) is 0 Å². The summed E-state index contributed by atoms with van der Waals surface area (Å²) in [5.74, 6) is 0. The lowest BCUT2D eigenvalue weighted by atomic mass is 10.4. The molecule has 0 aliphatic carbocycles. The molecular weight excluding hydrogens is 170 g/mol. The summed E-state index contributed by atoms with van der Waals surface area (Å²) in [6, 6.07) is 1.89. The van der Waals surface area contributed by atoms with Crippen LogP contribution in [-0.4, -0.2) is 5.21 Å². The maximum absolute atomic E-state index is 8.35. The van der Waals surface area contributed by atoms with E-state index in [2.05, 4.69) is 5.48 Å². The Hall–Kier alpha value is -0.0900. The Morgan fingerprint density at radius 2 is 2.50 bits per heavy atom. The van der Waals surface area contributed by atoms with Crippen LogP contribution in [-0.2, 0) is 6.54 Å². The summed E-state index contributed by atoms with van der Waals surface area (Å²) in [7, 11) is 0. The molecule has 0 atom stereocenters. The van der Waals surface area contributed by atoms with E-state index in [1.54, 1.807) is 11.3 Å². The fourth-order valence-corrected chi connectivity index (χ4v) is 1.99. The summed E-state index contributed by atoms with van der Waals surface area (Å²) in [5.41, 5.74) is 2.06. The van der Waals surface area contributed by atoms with Crippen LogP contribution in [0.25, 0.3) is 0 Å². The Morgan fingerprint density at radius 3 is 2.90 bits per heavy atom. The Balaban J connectivity index is 2.81. The second kappa shape index (κ2) is 3.34. The zero-order chi connectivity index (χ0) is 7.56. The average Bonchev–Trinajstić information content (AvgIpc) is 2.13. The lowest BCUT2D eigenvalue weighted by Gasteiger charge is -1.92. The predicted octanol–water partition coefficient (Wildman–Crippen LogP) is 2.19. The largest absolute Gasteiger partial charge is 0.316 e. The fourth-order valence-electron chi connectivity index (χ4n) is 0.724. The van der Waals surface area contributed by atoms with E-state index in [1.807, 2.05) is 13.0 Å². The van der Waals surface area contributed by atoms with E-state index in [1.165, 1.54) is 0 Å². The number of halogens is 1. The summed E-state index contributed by atoms with van der Waals surface area (Å²) in [4.78, 5) is 2.14. The van der Waals surface area contributed by atoms with Gasteiger partial charge in [0.1, 0.15) is 0 Å². The number of hydrogen-bond donors (Lipinski definition) is 2. The Bertz CT molecular complexity index is 224. The van der Waals surface area contributed by atoms with E-state index in [9.17, 15) is 0 Å². The molecule has 0 unspecified atom stereocenters. The van der Waals surface area contributed by atoms with Crippen molar-refractivity contribution in [2.24, 2.45) is 0 Å². The van der Waals surface area contributed by atoms with Gasteiger partial charge in [-0.05, 0) is 13.0 Å². The fraction of sp³-hybridized carbons (Fsp3) is 0.333. The maximum Gasteiger partial charge on any atom is 0.0567 e. The molecule has 0 aromatic carbocycles. The predicted molar refractivity (Wildman–Crippen MR) is 42.7 cm³/mol. The summed E-state index contributed by atoms with van der Waals surface area (Å²) in [5, 5.41) is 9.08. The average molecular weight is 178 g/mol. The smallest absolute Gasteiger partial charge is 0.0567 e. The molecule has 0 aliphatic heterocycles. The minimum atomic E-state index is 0.428. The first kappa shape index (κ1) is 8.01. The third-order valence-corrected chi connectivity index (χ3v) is 2.62. The van der Waals surface area contributed by atoms with Crippen LogP contribution in [0.15, 0.2) is 6.07 Å². The first-order valence-corrected chi connectivity index (χ1v) is 4.05. The highest BCUT2D eigenvalue weighted by atomic mass is 35.5. The lowest BCUT2D eigenvalue weighted by molar-refractivity contribution is 0.162. The summed E-state index contributed by atoms with van der Waals surface area (Å²) >= 11 is 7.37. The molecule has 0 radical (unpaired) electrons. The van der Waals surface area contributed by atoms with E-state index in [0.29, 0.717) is 6.54 Å². The van der Waals surface area contributed by atoms with Crippen molar-refractivity contribution in [3.63, 3.8) is 0 Å². The van der Waals surface area contributed by atoms with Crippen LogP contribution in [0.5, 0.6) is 0 Å². The molecule has 0 aliphatic rings. The number of rotatable bonds is 2. The SMILES string of the molecule is Cc1cc(Cl)c(CNO)s1. The van der Waals surface area contributed by atoms with Crippen molar-refractivity contribution < 1.29 is 5.21 Å². The number of hydrogen-bond acceptors (Lipinski definition) is 3. The van der Waals surface area contributed by atoms with E-state index in [-0.39, 0.29) is 0 Å². The molecule has 56 valence electrons. The summed E-state index contributed by atoms with van der Waals surface area (Å²) in [6.45, 7) is 2.41. The standard InChI is InChI=1S/C6H8ClNOS/c1-4-2-5(7)6(10-4)3-8-9/h2,8-9H,3H2,1H3. The van der Waals surface area contributed by atoms with Gasteiger partial charge in [-0.25, -0.2) is 5.48 Å². The molecule has 0 saturated heterocycles. The highest BCUT2D eigenvalue weighted by Gasteiger charge is 2.02. The number of aryl methyl sites for hydroxylation is 1. The van der Waals surface area contributed by atoms with Crippen molar-refractivity contribution in [2.45, 2.75) is 13.5 Å². The minimum Gasteiger partial charge on any atom is -0.316 e. The Labute approximate surface area is 68.4 Å². The minimum absolute atomic E-state index is 0.428. The summed E-state index contributed by atoms with van der Waals surface area (Å²) < 4.78 is 0. The first-order chi connectivity index (χ1) is 4.74. The van der Waals surface area contributed by atoms with Crippen LogP contribution >= 0.6 is 22.9 Å². The van der Waals surface area contributed by atoms with Gasteiger partial charge in [-0.3, -0.25) is 0 Å². The zero-order valence-corrected chi connectivity index (χ0v) is 7.09. The molecule has 0 amide bonds. The Morgan fingerprint density at radius 1 is 1.80 bits per heavy atom. The van der Waals surface area contributed by atoms with Crippen molar-refractivity contribution in [2.75, 3.05) is 0 Å². The van der Waals surface area contributed by atoms with Gasteiger partial charge >= 0.3 is 0 Å². The van der Waals surface area contributed by atoms with Crippen molar-refractivity contribution >= 4 is 22.9 Å². The molecule has 1 aromatic rings. The quantitative estimate of drug-likeness (QED) is 0.679. The lowest BCUT2D eigenvalue weighted by Crippen LogP contribution is -2.04. The molecule has 0 bridgehead atoms. The van der Waals surface area contributed by atoms with Crippen molar-refractivity contribution in [3.05, 3.63) is 20.8 Å². The van der Waals surface area contributed by atoms with Gasteiger partial charge in [-0.1, -0.05) is 11.6 Å². The van der Waals surface area contributed by atoms with Gasteiger partial charge in [-0.15, -0.1) is 11.3 Å². The van der Waals surface area contributed by atoms with Crippen LogP contribution in [0.1, 0.15) is 9.75 Å². The van der Waals surface area contributed by atoms with Crippen molar-refractivity contribution in [1.29, 1.82) is 0 Å². The van der Waals surface area contributed by atoms with Gasteiger partial charge in [0.15, 0.2) is 0 Å². The molecule has 1 heterocycles. The molecule has 4 heteroatoms. The monoisotopic (exact) mass is 177 g/mol. The molecule has 1 rings (SSSR count). The number of hydroxylamine groups is 1. The van der Waals surface area contributed by atoms with Crippen molar-refractivity contribution in [3.8, 4) is 0 Å². The van der Waals surface area contributed by atoms with Crippen LogP contribution < -0.4 is 5.48 Å². The second-order valence-corrected chi connectivity index (χ2v) is 3.71. The van der Waals surface area contributed by atoms with Gasteiger partial charge < -0.3 is 5.21 Å². The van der Waals surface area contributed by atoms with Crippen molar-refractivity contribution in [1.82, 2.24) is 5.48 Å². The third-order valence-electron chi connectivity index (χ3n) is 1.12. The summed E-state index contributed by atoms with van der Waals surface area (Å²) in [6.07, 6.45) is 0. The van der Waals surface area contributed by atoms with Gasteiger partial charge in [0.25, 0.3) is 0 Å². The van der Waals surface area contributed by atoms with Gasteiger partial charge in [-0.2, -0.15) is 0 Å². The first-order valence-electron chi connectivity index (χ1n) is 2.86. The zero-order valence-electron chi connectivity index (χ0n) is 5.52. The maximum atomic E-state index is 8.35. The normalized spacial score (nSPS) is 10.3. The van der Waals surface area contributed by atoms with Crippen LogP contribution in [0, 0.1) is 6.92 Å². The highest BCUT2D eigenvalue weighted by molar-refractivity contribution is 7.12. The van der Waals surface area contributed by atoms with Crippen LogP contribution in [0.3, 0.4) is 0 Å². The molecule has 1 aromatic heterocycles. The molecule has 0 saturated carbocycles. The number of thiophene rings is 1.